The van der Waals surface area contributed by atoms with Gasteiger partial charge in [-0.15, -0.1) is 0 Å². The van der Waals surface area contributed by atoms with Crippen molar-refractivity contribution in [1.29, 1.82) is 0 Å². The average Bonchev–Trinajstić information content (AvgIpc) is 2.99. The number of ether oxygens (including phenoxy) is 1. The molecule has 0 saturated carbocycles. The zero-order chi connectivity index (χ0) is 19.5. The molecule has 1 aromatic carbocycles. The molecule has 6 heteroatoms. The highest BCUT2D eigenvalue weighted by molar-refractivity contribution is 7.22. The molecule has 0 radical (unpaired) electrons. The van der Waals surface area contributed by atoms with Crippen molar-refractivity contribution in [3.8, 4) is 0 Å². The van der Waals surface area contributed by atoms with Gasteiger partial charge in [0.1, 0.15) is 5.60 Å². The van der Waals surface area contributed by atoms with Crippen LogP contribution in [0.5, 0.6) is 0 Å². The number of fused-ring (bicyclic) bond motifs is 1. The zero-order valence-electron chi connectivity index (χ0n) is 16.6. The van der Waals surface area contributed by atoms with Gasteiger partial charge in [0.05, 0.1) is 10.2 Å². The Hall–Kier alpha value is -2.21. The van der Waals surface area contributed by atoms with Crippen LogP contribution in [0.15, 0.2) is 28.8 Å². The van der Waals surface area contributed by atoms with E-state index >= 15 is 0 Å². The van der Waals surface area contributed by atoms with Crippen LogP contribution in [0.25, 0.3) is 15.8 Å². The second kappa shape index (κ2) is 7.99. The quantitative estimate of drug-likeness (QED) is 0.660. The number of carbonyl (C=O) groups is 1. The van der Waals surface area contributed by atoms with Crippen LogP contribution in [0, 0.1) is 0 Å². The van der Waals surface area contributed by atoms with Gasteiger partial charge >= 0.3 is 6.09 Å². The summed E-state index contributed by atoms with van der Waals surface area (Å²) >= 11 is 1.48. The molecule has 0 aliphatic heterocycles. The molecule has 0 atom stereocenters. The minimum absolute atomic E-state index is 0.405. The molecule has 0 aliphatic rings. The number of hydrogen-bond donors (Lipinski definition) is 0. The molecule has 1 amide bonds. The van der Waals surface area contributed by atoms with Crippen LogP contribution in [0.3, 0.4) is 0 Å². The fourth-order valence-electron chi connectivity index (χ4n) is 2.38. The van der Waals surface area contributed by atoms with Gasteiger partial charge in [0, 0.05) is 20.3 Å². The molecule has 26 heavy (non-hydrogen) atoms. The molecular weight excluding hydrogens is 346 g/mol. The normalized spacial score (nSPS) is 13.2. The van der Waals surface area contributed by atoms with Gasteiger partial charge in [-0.1, -0.05) is 29.9 Å². The fourth-order valence-corrected chi connectivity index (χ4v) is 3.34. The van der Waals surface area contributed by atoms with Crippen molar-refractivity contribution in [1.82, 2.24) is 4.98 Å². The molecular formula is C20H27N3O2S. The molecule has 0 aliphatic carbocycles. The molecule has 0 spiro atoms. The molecule has 0 unspecified atom stereocenters. The third-order valence-electron chi connectivity index (χ3n) is 3.89. The van der Waals surface area contributed by atoms with Gasteiger partial charge in [-0.05, 0) is 57.4 Å². The number of anilines is 1. The van der Waals surface area contributed by atoms with Crippen molar-refractivity contribution >= 4 is 44.6 Å². The summed E-state index contributed by atoms with van der Waals surface area (Å²) in [7, 11) is 3.46. The number of aliphatic imine (C=N–C) groups is 1. The average molecular weight is 374 g/mol. The van der Waals surface area contributed by atoms with Crippen molar-refractivity contribution in [3.63, 3.8) is 0 Å². The van der Waals surface area contributed by atoms with E-state index in [2.05, 4.69) is 36.0 Å². The first-order chi connectivity index (χ1) is 12.2. The Morgan fingerprint density at radius 3 is 2.65 bits per heavy atom. The molecule has 1 aromatic heterocycles. The first kappa shape index (κ1) is 20.1. The van der Waals surface area contributed by atoms with E-state index < -0.39 is 11.7 Å². The highest BCUT2D eigenvalue weighted by Crippen LogP contribution is 2.32. The number of hydrogen-bond acceptors (Lipinski definition) is 5. The van der Waals surface area contributed by atoms with Crippen molar-refractivity contribution in [3.05, 3.63) is 29.3 Å². The van der Waals surface area contributed by atoms with Crippen LogP contribution in [-0.2, 0) is 4.74 Å². The van der Waals surface area contributed by atoms with Gasteiger partial charge in [-0.3, -0.25) is 9.89 Å². The summed E-state index contributed by atoms with van der Waals surface area (Å²) in [5.41, 5.74) is 3.85. The number of thiazole rings is 1. The van der Waals surface area contributed by atoms with E-state index in [1.165, 1.54) is 21.8 Å². The maximum atomic E-state index is 12.3. The number of amides is 1. The minimum atomic E-state index is -0.536. The smallest absolute Gasteiger partial charge is 0.416 e. The molecule has 1 heterocycles. The summed E-state index contributed by atoms with van der Waals surface area (Å²) in [4.78, 5) is 22.5. The van der Waals surface area contributed by atoms with Gasteiger partial charge in [-0.25, -0.2) is 9.78 Å². The van der Waals surface area contributed by atoms with Gasteiger partial charge in [-0.2, -0.15) is 0 Å². The first-order valence-electron chi connectivity index (χ1n) is 8.66. The van der Waals surface area contributed by atoms with E-state index in [0.717, 1.165) is 27.8 Å². The van der Waals surface area contributed by atoms with Crippen molar-refractivity contribution in [2.24, 2.45) is 4.99 Å². The summed E-state index contributed by atoms with van der Waals surface area (Å²) in [6.45, 7) is 9.81. The number of aromatic nitrogens is 1. The molecule has 2 aromatic rings. The zero-order valence-corrected chi connectivity index (χ0v) is 17.4. The van der Waals surface area contributed by atoms with Crippen molar-refractivity contribution in [2.45, 2.75) is 46.6 Å². The summed E-state index contributed by atoms with van der Waals surface area (Å²) in [6.07, 6.45) is 2.46. The lowest BCUT2D eigenvalue weighted by Gasteiger charge is -2.23. The molecule has 0 bridgehead atoms. The van der Waals surface area contributed by atoms with E-state index in [4.69, 9.17) is 4.74 Å². The largest absolute Gasteiger partial charge is 0.443 e. The SMILES string of the molecule is CC/C(C)=C(\C=NC)c1ccc2nc(N(C)C(=O)OC(C)(C)C)sc2c1. The molecule has 0 saturated heterocycles. The topological polar surface area (TPSA) is 54.8 Å². The standard InChI is InChI=1S/C20H27N3O2S/c1-8-13(2)15(12-21-6)14-9-10-16-17(11-14)26-18(22-16)23(7)19(24)25-20(3,4)5/h9-12H,8H2,1-7H3/b15-13+,21-12?. The van der Waals surface area contributed by atoms with Crippen molar-refractivity contribution in [2.75, 3.05) is 19.0 Å². The predicted molar refractivity (Wildman–Crippen MR) is 112 cm³/mol. The lowest BCUT2D eigenvalue weighted by atomic mass is 10.00. The third-order valence-corrected chi connectivity index (χ3v) is 4.99. The summed E-state index contributed by atoms with van der Waals surface area (Å²) in [6, 6.07) is 6.14. The van der Waals surface area contributed by atoms with Gasteiger partial charge in [0.25, 0.3) is 0 Å². The van der Waals surface area contributed by atoms with E-state index in [-0.39, 0.29) is 0 Å². The Bertz CT molecular complexity index is 860. The van der Waals surface area contributed by atoms with Gasteiger partial charge in [0.15, 0.2) is 5.13 Å². The van der Waals surface area contributed by atoms with Crippen LogP contribution < -0.4 is 4.90 Å². The predicted octanol–water partition coefficient (Wildman–Crippen LogP) is 5.55. The van der Waals surface area contributed by atoms with Gasteiger partial charge in [0.2, 0.25) is 0 Å². The molecule has 0 fully saturated rings. The second-order valence-electron chi connectivity index (χ2n) is 7.15. The van der Waals surface area contributed by atoms with Crippen LogP contribution in [0.4, 0.5) is 9.93 Å². The number of benzene rings is 1. The summed E-state index contributed by atoms with van der Waals surface area (Å²) in [5, 5.41) is 0.619. The van der Waals surface area contributed by atoms with E-state index in [9.17, 15) is 4.79 Å². The van der Waals surface area contributed by atoms with Crippen LogP contribution in [0.1, 0.15) is 46.6 Å². The maximum absolute atomic E-state index is 12.3. The molecule has 0 N–H and O–H groups in total. The Morgan fingerprint density at radius 2 is 2.08 bits per heavy atom. The lowest BCUT2D eigenvalue weighted by Crippen LogP contribution is -2.34. The number of rotatable bonds is 4. The summed E-state index contributed by atoms with van der Waals surface area (Å²) in [5.74, 6) is 0. The van der Waals surface area contributed by atoms with E-state index in [0.29, 0.717) is 5.13 Å². The Labute approximate surface area is 159 Å². The Kier molecular flexibility index (Phi) is 6.18. The van der Waals surface area contributed by atoms with Crippen LogP contribution in [-0.4, -0.2) is 37.0 Å². The highest BCUT2D eigenvalue weighted by Gasteiger charge is 2.22. The maximum Gasteiger partial charge on any atom is 0.416 e. The number of allylic oxidation sites excluding steroid dienone is 2. The highest BCUT2D eigenvalue weighted by atomic mass is 32.1. The first-order valence-corrected chi connectivity index (χ1v) is 9.47. The van der Waals surface area contributed by atoms with E-state index in [1.807, 2.05) is 33.1 Å². The molecule has 5 nitrogen and oxygen atoms in total. The number of nitrogens with zero attached hydrogens (tertiary/aromatic N) is 3. The Balaban J connectivity index is 2.39. The van der Waals surface area contributed by atoms with Gasteiger partial charge < -0.3 is 4.74 Å². The molecule has 140 valence electrons. The number of carbonyl (C=O) groups excluding carboxylic acids is 1. The second-order valence-corrected chi connectivity index (χ2v) is 8.16. The van der Waals surface area contributed by atoms with E-state index in [1.54, 1.807) is 14.1 Å². The van der Waals surface area contributed by atoms with Crippen LogP contribution >= 0.6 is 11.3 Å². The summed E-state index contributed by atoms with van der Waals surface area (Å²) < 4.78 is 6.45. The van der Waals surface area contributed by atoms with Crippen LogP contribution in [0.2, 0.25) is 0 Å². The monoisotopic (exact) mass is 373 g/mol. The Morgan fingerprint density at radius 1 is 1.38 bits per heavy atom. The third kappa shape index (κ3) is 4.69. The van der Waals surface area contributed by atoms with Crippen molar-refractivity contribution < 1.29 is 9.53 Å². The molecule has 2 rings (SSSR count). The minimum Gasteiger partial charge on any atom is -0.443 e. The lowest BCUT2D eigenvalue weighted by molar-refractivity contribution is 0.0589. The fraction of sp³-hybridized carbons (Fsp3) is 0.450.